The number of carbonyl (C=O) groups excluding carboxylic acids is 1. The van der Waals surface area contributed by atoms with Crippen LogP contribution in [0.2, 0.25) is 0 Å². The summed E-state index contributed by atoms with van der Waals surface area (Å²) in [7, 11) is 0. The maximum absolute atomic E-state index is 13.8. The van der Waals surface area contributed by atoms with Gasteiger partial charge in [-0.25, -0.2) is 22.5 Å². The van der Waals surface area contributed by atoms with Gasteiger partial charge in [0.1, 0.15) is 28.7 Å². The van der Waals surface area contributed by atoms with Crippen molar-refractivity contribution < 1.29 is 18.0 Å². The highest BCUT2D eigenvalue weighted by atomic mass is 32.1. The Morgan fingerprint density at radius 2 is 1.75 bits per heavy atom. The first kappa shape index (κ1) is 21.6. The topological polar surface area (TPSA) is 73.1 Å². The number of halogens is 3. The summed E-state index contributed by atoms with van der Waals surface area (Å²) in [6.45, 7) is 0.926. The van der Waals surface area contributed by atoms with Crippen LogP contribution in [0.25, 0.3) is 15.9 Å². The summed E-state index contributed by atoms with van der Waals surface area (Å²) >= 11 is 1.11. The molecular formula is C22H16F3N3O3S. The van der Waals surface area contributed by atoms with Gasteiger partial charge in [0, 0.05) is 18.2 Å². The summed E-state index contributed by atoms with van der Waals surface area (Å²) in [5.41, 5.74) is -0.385. The molecule has 1 N–H and O–H groups in total. The van der Waals surface area contributed by atoms with E-state index in [1.54, 1.807) is 18.4 Å². The zero-order chi connectivity index (χ0) is 23.0. The zero-order valence-corrected chi connectivity index (χ0v) is 17.5. The number of aromatic nitrogens is 2. The maximum Gasteiger partial charge on any atom is 0.336 e. The fourth-order valence-corrected chi connectivity index (χ4v) is 4.20. The number of rotatable bonds is 5. The van der Waals surface area contributed by atoms with Gasteiger partial charge in [0.2, 0.25) is 5.91 Å². The van der Waals surface area contributed by atoms with Crippen molar-refractivity contribution in [2.45, 2.75) is 20.0 Å². The van der Waals surface area contributed by atoms with E-state index in [9.17, 15) is 27.6 Å². The Kier molecular flexibility index (Phi) is 5.70. The molecule has 0 atom stereocenters. The van der Waals surface area contributed by atoms with Gasteiger partial charge in [0.15, 0.2) is 0 Å². The van der Waals surface area contributed by atoms with Gasteiger partial charge in [-0.15, -0.1) is 11.3 Å². The normalized spacial score (nSPS) is 11.1. The van der Waals surface area contributed by atoms with E-state index in [2.05, 4.69) is 5.32 Å². The molecule has 0 saturated carbocycles. The summed E-state index contributed by atoms with van der Waals surface area (Å²) in [6.07, 6.45) is 0. The Labute approximate surface area is 183 Å². The maximum atomic E-state index is 13.8. The standard InChI is InChI=1S/C22H16F3N3O3S/c1-12-8-14(23)4-5-17(12)28-21(30)20-18(6-7-32-20)27(22(28)31)11-19(29)26-10-13-2-3-15(24)9-16(13)25/h2-9H,10-11H2,1H3,(H,26,29). The molecule has 32 heavy (non-hydrogen) atoms. The van der Waals surface area contributed by atoms with Crippen molar-refractivity contribution in [3.63, 3.8) is 0 Å². The number of carbonyl (C=O) groups is 1. The van der Waals surface area contributed by atoms with Gasteiger partial charge >= 0.3 is 5.69 Å². The lowest BCUT2D eigenvalue weighted by molar-refractivity contribution is -0.121. The van der Waals surface area contributed by atoms with Crippen LogP contribution in [0, 0.1) is 24.4 Å². The first-order valence-corrected chi connectivity index (χ1v) is 10.3. The smallest absolute Gasteiger partial charge is 0.336 e. The van der Waals surface area contributed by atoms with Crippen molar-refractivity contribution in [1.29, 1.82) is 0 Å². The van der Waals surface area contributed by atoms with E-state index in [4.69, 9.17) is 0 Å². The van der Waals surface area contributed by atoms with E-state index < -0.39 is 41.2 Å². The molecular weight excluding hydrogens is 443 g/mol. The van der Waals surface area contributed by atoms with Gasteiger partial charge in [-0.2, -0.15) is 0 Å². The lowest BCUT2D eigenvalue weighted by Gasteiger charge is -2.14. The fourth-order valence-electron chi connectivity index (χ4n) is 3.38. The second kappa shape index (κ2) is 8.46. The summed E-state index contributed by atoms with van der Waals surface area (Å²) in [5.74, 6) is -2.65. The third-order valence-corrected chi connectivity index (χ3v) is 5.84. The van der Waals surface area contributed by atoms with Gasteiger partial charge < -0.3 is 5.32 Å². The SMILES string of the molecule is Cc1cc(F)ccc1-n1c(=O)c2sccc2n(CC(=O)NCc2ccc(F)cc2F)c1=O. The highest BCUT2D eigenvalue weighted by molar-refractivity contribution is 7.17. The van der Waals surface area contributed by atoms with Gasteiger partial charge in [-0.05, 0) is 48.2 Å². The second-order valence-electron chi connectivity index (χ2n) is 7.09. The minimum atomic E-state index is -0.803. The first-order chi connectivity index (χ1) is 15.3. The van der Waals surface area contributed by atoms with E-state index in [1.807, 2.05) is 0 Å². The average Bonchev–Trinajstić information content (AvgIpc) is 3.22. The zero-order valence-electron chi connectivity index (χ0n) is 16.7. The molecule has 0 spiro atoms. The third kappa shape index (κ3) is 3.96. The van der Waals surface area contributed by atoms with Gasteiger partial charge in [0.25, 0.3) is 5.56 Å². The molecule has 0 radical (unpaired) electrons. The van der Waals surface area contributed by atoms with Crippen LogP contribution in [0.1, 0.15) is 11.1 Å². The Morgan fingerprint density at radius 1 is 1.03 bits per heavy atom. The predicted molar refractivity (Wildman–Crippen MR) is 115 cm³/mol. The van der Waals surface area contributed by atoms with Crippen LogP contribution in [0.4, 0.5) is 13.2 Å². The number of nitrogens with zero attached hydrogens (tertiary/aromatic N) is 2. The molecule has 0 bridgehead atoms. The molecule has 0 saturated heterocycles. The highest BCUT2D eigenvalue weighted by Crippen LogP contribution is 2.18. The second-order valence-corrected chi connectivity index (χ2v) is 8.00. The number of nitrogens with one attached hydrogen (secondary N) is 1. The lowest BCUT2D eigenvalue weighted by Crippen LogP contribution is -2.41. The average molecular weight is 459 g/mol. The lowest BCUT2D eigenvalue weighted by atomic mass is 10.2. The van der Waals surface area contributed by atoms with Crippen molar-refractivity contribution in [3.8, 4) is 5.69 Å². The van der Waals surface area contributed by atoms with Gasteiger partial charge in [0.05, 0.1) is 11.2 Å². The molecule has 4 aromatic rings. The molecule has 2 aromatic heterocycles. The van der Waals surface area contributed by atoms with Gasteiger partial charge in [-0.1, -0.05) is 6.07 Å². The van der Waals surface area contributed by atoms with E-state index >= 15 is 0 Å². The Balaban J connectivity index is 1.71. The largest absolute Gasteiger partial charge is 0.350 e. The molecule has 6 nitrogen and oxygen atoms in total. The summed E-state index contributed by atoms with van der Waals surface area (Å²) in [4.78, 5) is 38.7. The monoisotopic (exact) mass is 459 g/mol. The third-order valence-electron chi connectivity index (χ3n) is 4.95. The molecule has 0 aliphatic rings. The van der Waals surface area contributed by atoms with Crippen molar-refractivity contribution in [2.24, 2.45) is 0 Å². The molecule has 10 heteroatoms. The van der Waals surface area contributed by atoms with Crippen LogP contribution in [-0.4, -0.2) is 15.0 Å². The Morgan fingerprint density at radius 3 is 2.47 bits per heavy atom. The molecule has 2 heterocycles. The Hall–Kier alpha value is -3.66. The van der Waals surface area contributed by atoms with Gasteiger partial charge in [-0.3, -0.25) is 14.2 Å². The predicted octanol–water partition coefficient (Wildman–Crippen LogP) is 3.26. The molecule has 0 aliphatic heterocycles. The number of benzene rings is 2. The van der Waals surface area contributed by atoms with Crippen LogP contribution in [0.5, 0.6) is 0 Å². The van der Waals surface area contributed by atoms with E-state index in [1.165, 1.54) is 18.2 Å². The fraction of sp³-hybridized carbons (Fsp3) is 0.136. The van der Waals surface area contributed by atoms with E-state index in [0.717, 1.165) is 32.6 Å². The number of amides is 1. The number of fused-ring (bicyclic) bond motifs is 1. The van der Waals surface area contributed by atoms with Crippen LogP contribution in [0.15, 0.2) is 57.4 Å². The first-order valence-electron chi connectivity index (χ1n) is 9.46. The quantitative estimate of drug-likeness (QED) is 0.498. The molecule has 164 valence electrons. The number of hydrogen-bond acceptors (Lipinski definition) is 4. The number of thiophene rings is 1. The van der Waals surface area contributed by atoms with Crippen molar-refractivity contribution in [3.05, 3.63) is 97.3 Å². The van der Waals surface area contributed by atoms with Crippen LogP contribution >= 0.6 is 11.3 Å². The van der Waals surface area contributed by atoms with Crippen molar-refractivity contribution in [1.82, 2.24) is 14.5 Å². The highest BCUT2D eigenvalue weighted by Gasteiger charge is 2.19. The van der Waals surface area contributed by atoms with E-state index in [0.29, 0.717) is 11.6 Å². The van der Waals surface area contributed by atoms with Crippen LogP contribution in [-0.2, 0) is 17.9 Å². The molecule has 0 fully saturated rings. The van der Waals surface area contributed by atoms with Crippen LogP contribution in [0.3, 0.4) is 0 Å². The van der Waals surface area contributed by atoms with Crippen molar-refractivity contribution in [2.75, 3.05) is 0 Å². The number of aryl methyl sites for hydroxylation is 1. The van der Waals surface area contributed by atoms with E-state index in [-0.39, 0.29) is 28.0 Å². The number of hydrogen-bond donors (Lipinski definition) is 1. The summed E-state index contributed by atoms with van der Waals surface area (Å²) < 4.78 is 42.7. The molecule has 1 amide bonds. The summed E-state index contributed by atoms with van der Waals surface area (Å²) in [6, 6.07) is 8.22. The minimum Gasteiger partial charge on any atom is -0.350 e. The molecule has 0 aliphatic carbocycles. The van der Waals surface area contributed by atoms with Crippen LogP contribution < -0.4 is 16.6 Å². The van der Waals surface area contributed by atoms with Crippen molar-refractivity contribution >= 4 is 27.5 Å². The minimum absolute atomic E-state index is 0.0830. The molecule has 4 rings (SSSR count). The molecule has 2 aromatic carbocycles. The Bertz CT molecular complexity index is 1470. The summed E-state index contributed by atoms with van der Waals surface area (Å²) in [5, 5.41) is 4.11. The molecule has 0 unspecified atom stereocenters.